The van der Waals surface area contributed by atoms with Crippen LogP contribution in [-0.4, -0.2) is 17.0 Å². The van der Waals surface area contributed by atoms with Gasteiger partial charge in [-0.3, -0.25) is 9.59 Å². The SMILES string of the molecule is CC(=O)Oc1ccc(C(=O)Nc2ccc(C)cc2)c(O)c1. The Hall–Kier alpha value is -2.82. The molecule has 0 atom stereocenters. The fourth-order valence-corrected chi connectivity index (χ4v) is 1.77. The normalized spacial score (nSPS) is 10.0. The second kappa shape index (κ2) is 6.09. The standard InChI is InChI=1S/C16H15NO4/c1-10-3-5-12(6-4-10)17-16(20)14-8-7-13(9-15(14)19)21-11(2)18/h3-9,19H,1-2H3,(H,17,20). The van der Waals surface area contributed by atoms with Crippen molar-refractivity contribution in [1.82, 2.24) is 0 Å². The number of aromatic hydroxyl groups is 1. The second-order valence-electron chi connectivity index (χ2n) is 4.59. The Balaban J connectivity index is 2.15. The van der Waals surface area contributed by atoms with Gasteiger partial charge in [0.05, 0.1) is 5.56 Å². The van der Waals surface area contributed by atoms with Crippen LogP contribution in [0.25, 0.3) is 0 Å². The van der Waals surface area contributed by atoms with Crippen molar-refractivity contribution in [3.05, 3.63) is 53.6 Å². The molecule has 5 nitrogen and oxygen atoms in total. The number of ether oxygens (including phenoxy) is 1. The van der Waals surface area contributed by atoms with Crippen LogP contribution in [0.5, 0.6) is 11.5 Å². The fourth-order valence-electron chi connectivity index (χ4n) is 1.77. The van der Waals surface area contributed by atoms with E-state index in [2.05, 4.69) is 5.32 Å². The van der Waals surface area contributed by atoms with Crippen molar-refractivity contribution in [2.24, 2.45) is 0 Å². The highest BCUT2D eigenvalue weighted by Crippen LogP contribution is 2.24. The molecule has 0 spiro atoms. The monoisotopic (exact) mass is 285 g/mol. The lowest BCUT2D eigenvalue weighted by atomic mass is 10.1. The van der Waals surface area contributed by atoms with Crippen LogP contribution in [-0.2, 0) is 4.79 Å². The lowest BCUT2D eigenvalue weighted by Crippen LogP contribution is -2.12. The first-order chi connectivity index (χ1) is 9.95. The summed E-state index contributed by atoms with van der Waals surface area (Å²) >= 11 is 0. The lowest BCUT2D eigenvalue weighted by molar-refractivity contribution is -0.131. The van der Waals surface area contributed by atoms with Crippen LogP contribution in [0, 0.1) is 6.92 Å². The van der Waals surface area contributed by atoms with Crippen LogP contribution < -0.4 is 10.1 Å². The van der Waals surface area contributed by atoms with Crippen LogP contribution >= 0.6 is 0 Å². The van der Waals surface area contributed by atoms with Gasteiger partial charge in [-0.2, -0.15) is 0 Å². The van der Waals surface area contributed by atoms with Gasteiger partial charge in [-0.1, -0.05) is 17.7 Å². The topological polar surface area (TPSA) is 75.6 Å². The van der Waals surface area contributed by atoms with Gasteiger partial charge >= 0.3 is 5.97 Å². The van der Waals surface area contributed by atoms with E-state index in [1.165, 1.54) is 25.1 Å². The fraction of sp³-hybridized carbons (Fsp3) is 0.125. The molecule has 0 unspecified atom stereocenters. The molecule has 1 amide bonds. The number of anilines is 1. The average Bonchev–Trinajstić information content (AvgIpc) is 2.40. The third-order valence-electron chi connectivity index (χ3n) is 2.78. The Kier molecular flexibility index (Phi) is 4.23. The van der Waals surface area contributed by atoms with Crippen molar-refractivity contribution in [1.29, 1.82) is 0 Å². The number of hydrogen-bond acceptors (Lipinski definition) is 4. The van der Waals surface area contributed by atoms with Crippen molar-refractivity contribution in [2.75, 3.05) is 5.32 Å². The van der Waals surface area contributed by atoms with E-state index in [-0.39, 0.29) is 17.1 Å². The maximum Gasteiger partial charge on any atom is 0.308 e. The molecule has 0 fully saturated rings. The third-order valence-corrected chi connectivity index (χ3v) is 2.78. The summed E-state index contributed by atoms with van der Waals surface area (Å²) in [5.74, 6) is -0.998. The van der Waals surface area contributed by atoms with Gasteiger partial charge in [0, 0.05) is 18.7 Å². The summed E-state index contributed by atoms with van der Waals surface area (Å²) in [6.45, 7) is 3.21. The Morgan fingerprint density at radius 1 is 1.10 bits per heavy atom. The summed E-state index contributed by atoms with van der Waals surface area (Å²) in [5.41, 5.74) is 1.82. The predicted molar refractivity (Wildman–Crippen MR) is 78.5 cm³/mol. The molecule has 2 rings (SSSR count). The van der Waals surface area contributed by atoms with Crippen LogP contribution in [0.3, 0.4) is 0 Å². The molecule has 0 aliphatic rings. The van der Waals surface area contributed by atoms with E-state index in [4.69, 9.17) is 4.74 Å². The molecule has 21 heavy (non-hydrogen) atoms. The first kappa shape index (κ1) is 14.6. The zero-order valence-corrected chi connectivity index (χ0v) is 11.7. The molecule has 0 aliphatic heterocycles. The van der Waals surface area contributed by atoms with Crippen LogP contribution in [0.4, 0.5) is 5.69 Å². The zero-order chi connectivity index (χ0) is 15.4. The second-order valence-corrected chi connectivity index (χ2v) is 4.59. The Morgan fingerprint density at radius 3 is 2.33 bits per heavy atom. The van der Waals surface area contributed by atoms with Crippen LogP contribution in [0.2, 0.25) is 0 Å². The van der Waals surface area contributed by atoms with Crippen molar-refractivity contribution >= 4 is 17.6 Å². The Bertz CT molecular complexity index is 677. The third kappa shape index (κ3) is 3.82. The minimum Gasteiger partial charge on any atom is -0.507 e. The van der Waals surface area contributed by atoms with Gasteiger partial charge in [0.25, 0.3) is 5.91 Å². The molecule has 0 aromatic heterocycles. The minimum atomic E-state index is -0.494. The van der Waals surface area contributed by atoms with Crippen LogP contribution in [0.15, 0.2) is 42.5 Å². The number of carbonyl (C=O) groups excluding carboxylic acids is 2. The number of carbonyl (C=O) groups is 2. The average molecular weight is 285 g/mol. The molecule has 108 valence electrons. The van der Waals surface area contributed by atoms with Crippen molar-refractivity contribution in [3.8, 4) is 11.5 Å². The summed E-state index contributed by atoms with van der Waals surface area (Å²) in [6, 6.07) is 11.4. The van der Waals surface area contributed by atoms with Crippen molar-refractivity contribution in [3.63, 3.8) is 0 Å². The Morgan fingerprint density at radius 2 is 1.76 bits per heavy atom. The van der Waals surface area contributed by atoms with Gasteiger partial charge in [0.1, 0.15) is 11.5 Å². The zero-order valence-electron chi connectivity index (χ0n) is 11.7. The summed E-state index contributed by atoms with van der Waals surface area (Å²) in [6.07, 6.45) is 0. The highest BCUT2D eigenvalue weighted by molar-refractivity contribution is 6.06. The molecule has 0 bridgehead atoms. The van der Waals surface area contributed by atoms with E-state index in [0.717, 1.165) is 5.56 Å². The van der Waals surface area contributed by atoms with Crippen LogP contribution in [0.1, 0.15) is 22.8 Å². The van der Waals surface area contributed by atoms with Gasteiger partial charge < -0.3 is 15.2 Å². The molecular weight excluding hydrogens is 270 g/mol. The highest BCUT2D eigenvalue weighted by atomic mass is 16.5. The van der Waals surface area contributed by atoms with E-state index in [9.17, 15) is 14.7 Å². The maximum absolute atomic E-state index is 12.1. The molecule has 0 saturated heterocycles. The number of phenols is 1. The van der Waals surface area contributed by atoms with Gasteiger partial charge in [-0.15, -0.1) is 0 Å². The molecule has 2 aromatic rings. The summed E-state index contributed by atoms with van der Waals surface area (Å²) in [5, 5.41) is 12.5. The van der Waals surface area contributed by atoms with Crippen molar-refractivity contribution in [2.45, 2.75) is 13.8 Å². The number of nitrogens with one attached hydrogen (secondary N) is 1. The number of amides is 1. The van der Waals surface area contributed by atoms with Gasteiger partial charge in [-0.05, 0) is 31.2 Å². The number of aryl methyl sites for hydroxylation is 1. The molecule has 2 N–H and O–H groups in total. The van der Waals surface area contributed by atoms with E-state index in [1.54, 1.807) is 12.1 Å². The summed E-state index contributed by atoms with van der Waals surface area (Å²) in [7, 11) is 0. The van der Waals surface area contributed by atoms with E-state index < -0.39 is 11.9 Å². The van der Waals surface area contributed by atoms with E-state index in [0.29, 0.717) is 5.69 Å². The quantitative estimate of drug-likeness (QED) is 0.671. The molecular formula is C16H15NO4. The largest absolute Gasteiger partial charge is 0.507 e. The number of hydrogen-bond donors (Lipinski definition) is 2. The molecule has 0 heterocycles. The molecule has 2 aromatic carbocycles. The molecule has 0 saturated carbocycles. The van der Waals surface area contributed by atoms with Gasteiger partial charge in [0.15, 0.2) is 0 Å². The molecule has 5 heteroatoms. The van der Waals surface area contributed by atoms with E-state index >= 15 is 0 Å². The van der Waals surface area contributed by atoms with Gasteiger partial charge in [0.2, 0.25) is 0 Å². The number of rotatable bonds is 3. The molecule has 0 radical (unpaired) electrons. The minimum absolute atomic E-state index is 0.103. The lowest BCUT2D eigenvalue weighted by Gasteiger charge is -2.08. The molecule has 0 aliphatic carbocycles. The highest BCUT2D eigenvalue weighted by Gasteiger charge is 2.13. The van der Waals surface area contributed by atoms with Gasteiger partial charge in [-0.25, -0.2) is 0 Å². The maximum atomic E-state index is 12.1. The first-order valence-corrected chi connectivity index (χ1v) is 6.35. The van der Waals surface area contributed by atoms with E-state index in [1.807, 2.05) is 19.1 Å². The van der Waals surface area contributed by atoms with Crippen molar-refractivity contribution < 1.29 is 19.4 Å². The number of esters is 1. The summed E-state index contributed by atoms with van der Waals surface area (Å²) in [4.78, 5) is 22.9. The number of benzene rings is 2. The first-order valence-electron chi connectivity index (χ1n) is 6.35. The smallest absolute Gasteiger partial charge is 0.308 e. The Labute approximate surface area is 122 Å². The summed E-state index contributed by atoms with van der Waals surface area (Å²) < 4.78 is 4.83. The predicted octanol–water partition coefficient (Wildman–Crippen LogP) is 2.88. The number of phenolic OH excluding ortho intramolecular Hbond substituents is 1.